The van der Waals surface area contributed by atoms with Crippen LogP contribution in [0.1, 0.15) is 5.56 Å². The summed E-state index contributed by atoms with van der Waals surface area (Å²) in [5, 5.41) is 11.8. The lowest BCUT2D eigenvalue weighted by Gasteiger charge is -2.04. The molecule has 0 aromatic heterocycles. The zero-order chi connectivity index (χ0) is 11.1. The SMILES string of the molecule is C=CC(=O)OC/C(=N\O)c1ccccc1. The molecule has 0 aliphatic heterocycles. The average Bonchev–Trinajstić information content (AvgIpc) is 2.31. The van der Waals surface area contributed by atoms with Gasteiger partial charge in [0.05, 0.1) is 0 Å². The van der Waals surface area contributed by atoms with E-state index >= 15 is 0 Å². The van der Waals surface area contributed by atoms with Gasteiger partial charge >= 0.3 is 5.97 Å². The largest absolute Gasteiger partial charge is 0.456 e. The van der Waals surface area contributed by atoms with Crippen molar-refractivity contribution in [2.24, 2.45) is 5.16 Å². The molecular formula is C11H11NO3. The molecule has 0 amide bonds. The van der Waals surface area contributed by atoms with Gasteiger partial charge in [0.1, 0.15) is 12.3 Å². The van der Waals surface area contributed by atoms with Gasteiger partial charge in [-0.15, -0.1) is 0 Å². The summed E-state index contributed by atoms with van der Waals surface area (Å²) in [6.45, 7) is 3.18. The van der Waals surface area contributed by atoms with E-state index in [0.29, 0.717) is 11.3 Å². The summed E-state index contributed by atoms with van der Waals surface area (Å²) in [6, 6.07) is 8.97. The number of carbonyl (C=O) groups excluding carboxylic acids is 1. The fourth-order valence-corrected chi connectivity index (χ4v) is 0.999. The minimum Gasteiger partial charge on any atom is -0.456 e. The second kappa shape index (κ2) is 5.59. The van der Waals surface area contributed by atoms with Gasteiger partial charge < -0.3 is 9.94 Å². The monoisotopic (exact) mass is 205 g/mol. The van der Waals surface area contributed by atoms with Crippen molar-refractivity contribution in [2.75, 3.05) is 6.61 Å². The first-order valence-corrected chi connectivity index (χ1v) is 4.33. The van der Waals surface area contributed by atoms with Crippen LogP contribution in [0.5, 0.6) is 0 Å². The van der Waals surface area contributed by atoms with E-state index in [9.17, 15) is 4.79 Å². The average molecular weight is 205 g/mol. The van der Waals surface area contributed by atoms with Gasteiger partial charge in [-0.25, -0.2) is 4.79 Å². The van der Waals surface area contributed by atoms with Crippen molar-refractivity contribution >= 4 is 11.7 Å². The summed E-state index contributed by atoms with van der Waals surface area (Å²) < 4.78 is 4.75. The van der Waals surface area contributed by atoms with Crippen LogP contribution in [0.2, 0.25) is 0 Å². The number of hydrogen-bond donors (Lipinski definition) is 1. The zero-order valence-corrected chi connectivity index (χ0v) is 8.09. The number of rotatable bonds is 4. The molecule has 1 aromatic carbocycles. The molecule has 78 valence electrons. The van der Waals surface area contributed by atoms with Crippen LogP contribution < -0.4 is 0 Å². The molecule has 0 atom stereocenters. The van der Waals surface area contributed by atoms with Crippen LogP contribution in [0, 0.1) is 0 Å². The van der Waals surface area contributed by atoms with Crippen molar-refractivity contribution in [3.05, 3.63) is 48.6 Å². The van der Waals surface area contributed by atoms with Crippen LogP contribution in [0.4, 0.5) is 0 Å². The maximum Gasteiger partial charge on any atom is 0.330 e. The Morgan fingerprint density at radius 1 is 1.47 bits per heavy atom. The van der Waals surface area contributed by atoms with E-state index < -0.39 is 5.97 Å². The summed E-state index contributed by atoms with van der Waals surface area (Å²) in [4.78, 5) is 10.8. The highest BCUT2D eigenvalue weighted by atomic mass is 16.5. The first kappa shape index (κ1) is 11.0. The second-order valence-corrected chi connectivity index (χ2v) is 2.72. The van der Waals surface area contributed by atoms with E-state index in [2.05, 4.69) is 11.7 Å². The predicted octanol–water partition coefficient (Wildman–Crippen LogP) is 1.59. The topological polar surface area (TPSA) is 58.9 Å². The van der Waals surface area contributed by atoms with E-state index in [1.165, 1.54) is 0 Å². The number of ether oxygens (including phenoxy) is 1. The number of nitrogens with zero attached hydrogens (tertiary/aromatic N) is 1. The van der Waals surface area contributed by atoms with E-state index in [1.807, 2.05) is 6.07 Å². The summed E-state index contributed by atoms with van der Waals surface area (Å²) in [5.41, 5.74) is 1.00. The summed E-state index contributed by atoms with van der Waals surface area (Å²) >= 11 is 0. The lowest BCUT2D eigenvalue weighted by molar-refractivity contribution is -0.136. The Hall–Kier alpha value is -2.10. The quantitative estimate of drug-likeness (QED) is 0.267. The van der Waals surface area contributed by atoms with Gasteiger partial charge in [0, 0.05) is 11.6 Å². The van der Waals surface area contributed by atoms with Crippen LogP contribution in [0.25, 0.3) is 0 Å². The normalized spacial score (nSPS) is 10.8. The predicted molar refractivity (Wildman–Crippen MR) is 55.9 cm³/mol. The summed E-state index contributed by atoms with van der Waals surface area (Å²) in [7, 11) is 0. The number of benzene rings is 1. The summed E-state index contributed by atoms with van der Waals surface area (Å²) in [6.07, 6.45) is 1.06. The number of hydrogen-bond acceptors (Lipinski definition) is 4. The van der Waals surface area contributed by atoms with Crippen molar-refractivity contribution in [3.8, 4) is 0 Å². The first-order chi connectivity index (χ1) is 7.27. The van der Waals surface area contributed by atoms with E-state index in [-0.39, 0.29) is 6.61 Å². The molecule has 0 aliphatic carbocycles. The Labute approximate surface area is 87.5 Å². The number of esters is 1. The third-order valence-corrected chi connectivity index (χ3v) is 1.75. The van der Waals surface area contributed by atoms with Crippen molar-refractivity contribution in [3.63, 3.8) is 0 Å². The van der Waals surface area contributed by atoms with Gasteiger partial charge in [-0.2, -0.15) is 0 Å². The molecule has 0 radical (unpaired) electrons. The second-order valence-electron chi connectivity index (χ2n) is 2.72. The zero-order valence-electron chi connectivity index (χ0n) is 8.09. The molecular weight excluding hydrogens is 194 g/mol. The minimum absolute atomic E-state index is 0.0780. The molecule has 0 saturated carbocycles. The van der Waals surface area contributed by atoms with Gasteiger partial charge in [-0.1, -0.05) is 42.1 Å². The Kier molecular flexibility index (Phi) is 4.09. The Morgan fingerprint density at radius 3 is 2.67 bits per heavy atom. The van der Waals surface area contributed by atoms with Crippen LogP contribution in [-0.4, -0.2) is 23.5 Å². The standard InChI is InChI=1S/C11H11NO3/c1-2-11(13)15-8-10(12-14)9-6-4-3-5-7-9/h2-7,14H,1,8H2/b12-10+. The van der Waals surface area contributed by atoms with E-state index in [1.54, 1.807) is 24.3 Å². The molecule has 0 aliphatic rings. The van der Waals surface area contributed by atoms with Crippen molar-refractivity contribution in [1.29, 1.82) is 0 Å². The third-order valence-electron chi connectivity index (χ3n) is 1.75. The lowest BCUT2D eigenvalue weighted by atomic mass is 10.1. The number of oxime groups is 1. The molecule has 1 N–H and O–H groups in total. The fourth-order valence-electron chi connectivity index (χ4n) is 0.999. The van der Waals surface area contributed by atoms with Crippen molar-refractivity contribution in [2.45, 2.75) is 0 Å². The highest BCUT2D eigenvalue weighted by Gasteiger charge is 2.05. The molecule has 0 fully saturated rings. The Bertz CT molecular complexity index is 371. The lowest BCUT2D eigenvalue weighted by Crippen LogP contribution is -2.13. The van der Waals surface area contributed by atoms with E-state index in [0.717, 1.165) is 6.08 Å². The third kappa shape index (κ3) is 3.27. The van der Waals surface area contributed by atoms with Crippen LogP contribution in [0.15, 0.2) is 48.1 Å². The van der Waals surface area contributed by atoms with Gasteiger partial charge in [-0.05, 0) is 0 Å². The minimum atomic E-state index is -0.549. The first-order valence-electron chi connectivity index (χ1n) is 4.33. The molecule has 1 aromatic rings. The molecule has 1 rings (SSSR count). The van der Waals surface area contributed by atoms with E-state index in [4.69, 9.17) is 9.94 Å². The molecule has 0 unspecified atom stereocenters. The van der Waals surface area contributed by atoms with Gasteiger partial charge in [0.2, 0.25) is 0 Å². The highest BCUT2D eigenvalue weighted by Crippen LogP contribution is 2.01. The molecule has 0 bridgehead atoms. The maximum atomic E-state index is 10.8. The van der Waals surface area contributed by atoms with Crippen LogP contribution in [0.3, 0.4) is 0 Å². The highest BCUT2D eigenvalue weighted by molar-refractivity contribution is 6.02. The molecule has 15 heavy (non-hydrogen) atoms. The fraction of sp³-hybridized carbons (Fsp3) is 0.0909. The Morgan fingerprint density at radius 2 is 2.13 bits per heavy atom. The molecule has 4 nitrogen and oxygen atoms in total. The van der Waals surface area contributed by atoms with Crippen LogP contribution in [-0.2, 0) is 9.53 Å². The van der Waals surface area contributed by atoms with Crippen LogP contribution >= 0.6 is 0 Å². The van der Waals surface area contributed by atoms with Crippen molar-refractivity contribution < 1.29 is 14.7 Å². The van der Waals surface area contributed by atoms with Gasteiger partial charge in [-0.3, -0.25) is 0 Å². The maximum absolute atomic E-state index is 10.8. The molecule has 0 heterocycles. The smallest absolute Gasteiger partial charge is 0.330 e. The molecule has 0 spiro atoms. The summed E-state index contributed by atoms with van der Waals surface area (Å²) in [5.74, 6) is -0.549. The van der Waals surface area contributed by atoms with Gasteiger partial charge in [0.15, 0.2) is 0 Å². The van der Waals surface area contributed by atoms with Gasteiger partial charge in [0.25, 0.3) is 0 Å². The molecule has 0 saturated heterocycles. The molecule has 4 heteroatoms. The van der Waals surface area contributed by atoms with Crippen molar-refractivity contribution in [1.82, 2.24) is 0 Å². The Balaban J connectivity index is 2.66. The number of carbonyl (C=O) groups is 1.